The molecule has 2 heteroatoms. The van der Waals surface area contributed by atoms with Crippen LogP contribution in [0.15, 0.2) is 43.0 Å². The number of rotatable bonds is 4. The first-order chi connectivity index (χ1) is 8.57. The van der Waals surface area contributed by atoms with Gasteiger partial charge < -0.3 is 9.47 Å². The molecular weight excluding hydrogens is 224 g/mol. The summed E-state index contributed by atoms with van der Waals surface area (Å²) in [5.41, 5.74) is 0.971. The Kier molecular flexibility index (Phi) is 3.39. The summed E-state index contributed by atoms with van der Waals surface area (Å²) in [6.07, 6.45) is 1.80. The maximum absolute atomic E-state index is 5.99. The lowest BCUT2D eigenvalue weighted by Gasteiger charge is -2.26. The lowest BCUT2D eigenvalue weighted by molar-refractivity contribution is -0.133. The number of methoxy groups -OCH3 is 1. The molecule has 2 aromatic rings. The van der Waals surface area contributed by atoms with Crippen LogP contribution in [0.4, 0.5) is 0 Å². The first-order valence-corrected chi connectivity index (χ1v) is 5.96. The quantitative estimate of drug-likeness (QED) is 0.746. The van der Waals surface area contributed by atoms with Crippen molar-refractivity contribution in [1.29, 1.82) is 0 Å². The summed E-state index contributed by atoms with van der Waals surface area (Å²) in [5, 5.41) is 2.21. The van der Waals surface area contributed by atoms with Gasteiger partial charge in [-0.1, -0.05) is 49.1 Å². The van der Waals surface area contributed by atoms with Crippen LogP contribution in [0.3, 0.4) is 0 Å². The molecule has 2 nitrogen and oxygen atoms in total. The van der Waals surface area contributed by atoms with Gasteiger partial charge in [0, 0.05) is 31.9 Å². The predicted octanol–water partition coefficient (Wildman–Crippen LogP) is 4.24. The molecule has 0 aromatic heterocycles. The monoisotopic (exact) mass is 242 g/mol. The van der Waals surface area contributed by atoms with Crippen LogP contribution < -0.4 is 4.74 Å². The van der Waals surface area contributed by atoms with Crippen molar-refractivity contribution in [2.24, 2.45) is 0 Å². The van der Waals surface area contributed by atoms with E-state index in [1.165, 1.54) is 0 Å². The van der Waals surface area contributed by atoms with Gasteiger partial charge in [0.05, 0.1) is 0 Å². The highest BCUT2D eigenvalue weighted by molar-refractivity contribution is 5.91. The third-order valence-corrected chi connectivity index (χ3v) is 2.97. The van der Waals surface area contributed by atoms with Gasteiger partial charge >= 0.3 is 0 Å². The van der Waals surface area contributed by atoms with Crippen LogP contribution in [0.1, 0.15) is 19.4 Å². The Hall–Kier alpha value is -1.80. The second kappa shape index (κ2) is 4.83. The second-order valence-electron chi connectivity index (χ2n) is 4.62. The largest absolute Gasteiger partial charge is 0.462 e. The van der Waals surface area contributed by atoms with Crippen LogP contribution in [0.5, 0.6) is 5.75 Å². The van der Waals surface area contributed by atoms with Crippen molar-refractivity contribution in [3.63, 3.8) is 0 Å². The van der Waals surface area contributed by atoms with E-state index in [9.17, 15) is 0 Å². The minimum Gasteiger partial charge on any atom is -0.462 e. The average Bonchev–Trinajstić information content (AvgIpc) is 2.39. The third-order valence-electron chi connectivity index (χ3n) is 2.97. The molecule has 0 radical (unpaired) electrons. The minimum absolute atomic E-state index is 0.665. The molecule has 0 aliphatic carbocycles. The van der Waals surface area contributed by atoms with E-state index in [4.69, 9.17) is 9.47 Å². The summed E-state index contributed by atoms with van der Waals surface area (Å²) in [5.74, 6) is 0.150. The molecule has 0 unspecified atom stereocenters. The molecule has 2 rings (SSSR count). The van der Waals surface area contributed by atoms with Crippen molar-refractivity contribution in [2.75, 3.05) is 7.11 Å². The van der Waals surface area contributed by atoms with Crippen LogP contribution >= 0.6 is 0 Å². The lowest BCUT2D eigenvalue weighted by Crippen LogP contribution is -2.30. The zero-order valence-electron chi connectivity index (χ0n) is 11.1. The molecule has 0 N–H and O–H groups in total. The smallest absolute Gasteiger partial charge is 0.204 e. The Morgan fingerprint density at radius 3 is 2.50 bits per heavy atom. The standard InChI is InChI=1S/C16H18O2/c1-5-12-10-11-13-8-6-7-9-14(13)15(12)18-16(2,3)17-4/h5-11H,1H2,2-4H3. The van der Waals surface area contributed by atoms with Crippen LogP contribution in [0, 0.1) is 0 Å². The normalized spacial score (nSPS) is 11.5. The van der Waals surface area contributed by atoms with Gasteiger partial charge in [0.15, 0.2) is 0 Å². The third kappa shape index (κ3) is 2.39. The van der Waals surface area contributed by atoms with Gasteiger partial charge in [0.25, 0.3) is 0 Å². The SMILES string of the molecule is C=Cc1ccc2ccccc2c1OC(C)(C)OC. The van der Waals surface area contributed by atoms with Gasteiger partial charge in [-0.3, -0.25) is 0 Å². The van der Waals surface area contributed by atoms with Crippen molar-refractivity contribution in [3.05, 3.63) is 48.5 Å². The number of benzene rings is 2. The first kappa shape index (κ1) is 12.7. The molecule has 94 valence electrons. The zero-order chi connectivity index (χ0) is 13.2. The van der Waals surface area contributed by atoms with Crippen LogP contribution in [-0.4, -0.2) is 12.9 Å². The van der Waals surface area contributed by atoms with Gasteiger partial charge in [-0.25, -0.2) is 0 Å². The molecule has 0 fully saturated rings. The number of fused-ring (bicyclic) bond motifs is 1. The highest BCUT2D eigenvalue weighted by Crippen LogP contribution is 2.33. The van der Waals surface area contributed by atoms with Crippen LogP contribution in [-0.2, 0) is 4.74 Å². The molecule has 0 amide bonds. The van der Waals surface area contributed by atoms with E-state index in [2.05, 4.69) is 18.7 Å². The molecule has 18 heavy (non-hydrogen) atoms. The molecule has 2 aromatic carbocycles. The molecule has 0 saturated heterocycles. The van der Waals surface area contributed by atoms with E-state index < -0.39 is 5.79 Å². The molecular formula is C16H18O2. The lowest BCUT2D eigenvalue weighted by atomic mass is 10.1. The molecule has 0 saturated carbocycles. The van der Waals surface area contributed by atoms with Gasteiger partial charge in [0.2, 0.25) is 5.79 Å². The molecule has 0 spiro atoms. The van der Waals surface area contributed by atoms with E-state index in [1.807, 2.05) is 38.1 Å². The summed E-state index contributed by atoms with van der Waals surface area (Å²) >= 11 is 0. The minimum atomic E-state index is -0.665. The molecule has 0 heterocycles. The van der Waals surface area contributed by atoms with Crippen molar-refractivity contribution in [2.45, 2.75) is 19.6 Å². The van der Waals surface area contributed by atoms with E-state index in [-0.39, 0.29) is 0 Å². The summed E-state index contributed by atoms with van der Waals surface area (Å²) in [4.78, 5) is 0. The summed E-state index contributed by atoms with van der Waals surface area (Å²) in [6, 6.07) is 12.2. The highest BCUT2D eigenvalue weighted by atomic mass is 16.7. The maximum atomic E-state index is 5.99. The van der Waals surface area contributed by atoms with E-state index in [0.717, 1.165) is 22.1 Å². The fourth-order valence-electron chi connectivity index (χ4n) is 1.82. The summed E-state index contributed by atoms with van der Waals surface area (Å²) in [6.45, 7) is 7.61. The van der Waals surface area contributed by atoms with E-state index >= 15 is 0 Å². The van der Waals surface area contributed by atoms with E-state index in [0.29, 0.717) is 0 Å². The molecule has 0 aliphatic rings. The molecule has 0 bridgehead atoms. The van der Waals surface area contributed by atoms with E-state index in [1.54, 1.807) is 13.2 Å². The fourth-order valence-corrected chi connectivity index (χ4v) is 1.82. The number of ether oxygens (including phenoxy) is 2. The fraction of sp³-hybridized carbons (Fsp3) is 0.250. The van der Waals surface area contributed by atoms with Gasteiger partial charge in [-0.05, 0) is 5.39 Å². The van der Waals surface area contributed by atoms with Crippen molar-refractivity contribution in [3.8, 4) is 5.75 Å². The summed E-state index contributed by atoms with van der Waals surface area (Å²) in [7, 11) is 1.64. The van der Waals surface area contributed by atoms with Gasteiger partial charge in [-0.2, -0.15) is 0 Å². The molecule has 0 aliphatic heterocycles. The Morgan fingerprint density at radius 1 is 1.11 bits per heavy atom. The first-order valence-electron chi connectivity index (χ1n) is 5.96. The van der Waals surface area contributed by atoms with Crippen molar-refractivity contribution < 1.29 is 9.47 Å². The summed E-state index contributed by atoms with van der Waals surface area (Å²) < 4.78 is 11.3. The molecule has 0 atom stereocenters. The zero-order valence-corrected chi connectivity index (χ0v) is 11.1. The Bertz CT molecular complexity index is 570. The highest BCUT2D eigenvalue weighted by Gasteiger charge is 2.20. The number of hydrogen-bond acceptors (Lipinski definition) is 2. The van der Waals surface area contributed by atoms with Crippen molar-refractivity contribution >= 4 is 16.8 Å². The Balaban J connectivity index is 2.61. The van der Waals surface area contributed by atoms with Crippen molar-refractivity contribution in [1.82, 2.24) is 0 Å². The predicted molar refractivity (Wildman–Crippen MR) is 75.8 cm³/mol. The average molecular weight is 242 g/mol. The second-order valence-corrected chi connectivity index (χ2v) is 4.62. The maximum Gasteiger partial charge on any atom is 0.204 e. The van der Waals surface area contributed by atoms with Gasteiger partial charge in [0.1, 0.15) is 5.75 Å². The van der Waals surface area contributed by atoms with Crippen LogP contribution in [0.25, 0.3) is 16.8 Å². The van der Waals surface area contributed by atoms with Crippen LogP contribution in [0.2, 0.25) is 0 Å². The topological polar surface area (TPSA) is 18.5 Å². The Morgan fingerprint density at radius 2 is 1.83 bits per heavy atom. The Labute approximate surface area is 108 Å². The van der Waals surface area contributed by atoms with Gasteiger partial charge in [-0.15, -0.1) is 0 Å². The number of hydrogen-bond donors (Lipinski definition) is 0.